The Bertz CT molecular complexity index is 292. The van der Waals surface area contributed by atoms with Crippen molar-refractivity contribution in [1.82, 2.24) is 0 Å². The van der Waals surface area contributed by atoms with E-state index >= 15 is 0 Å². The molecular formula is C11H14O2. The molecule has 0 aliphatic heterocycles. The van der Waals surface area contributed by atoms with Crippen molar-refractivity contribution in [3.05, 3.63) is 36.4 Å². The molecule has 1 N–H and O–H groups in total. The van der Waals surface area contributed by atoms with Crippen LogP contribution in [0, 0.1) is 0 Å². The fourth-order valence-electron chi connectivity index (χ4n) is 0.985. The average molecular weight is 178 g/mol. The van der Waals surface area contributed by atoms with Crippen molar-refractivity contribution in [1.29, 1.82) is 0 Å². The van der Waals surface area contributed by atoms with Gasteiger partial charge in [0.1, 0.15) is 11.5 Å². The lowest BCUT2D eigenvalue weighted by Gasteiger charge is -2.05. The summed E-state index contributed by atoms with van der Waals surface area (Å²) in [5.74, 6) is 0.844. The van der Waals surface area contributed by atoms with Gasteiger partial charge in [0, 0.05) is 5.56 Å². The normalized spacial score (nSPS) is 9.62. The Morgan fingerprint density at radius 2 is 2.31 bits per heavy atom. The van der Waals surface area contributed by atoms with Gasteiger partial charge in [0.25, 0.3) is 0 Å². The minimum atomic E-state index is 0.0712. The summed E-state index contributed by atoms with van der Waals surface area (Å²) in [4.78, 5) is 0. The molecule has 0 atom stereocenters. The van der Waals surface area contributed by atoms with Gasteiger partial charge in [-0.15, -0.1) is 0 Å². The van der Waals surface area contributed by atoms with E-state index < -0.39 is 0 Å². The molecule has 0 aliphatic carbocycles. The van der Waals surface area contributed by atoms with Gasteiger partial charge < -0.3 is 9.84 Å². The van der Waals surface area contributed by atoms with Gasteiger partial charge in [0.15, 0.2) is 0 Å². The molecular weight excluding hydrogens is 164 g/mol. The van der Waals surface area contributed by atoms with E-state index in [2.05, 4.69) is 13.5 Å². The summed E-state index contributed by atoms with van der Waals surface area (Å²) in [5.41, 5.74) is 0.702. The van der Waals surface area contributed by atoms with Crippen LogP contribution < -0.4 is 4.74 Å². The van der Waals surface area contributed by atoms with E-state index in [-0.39, 0.29) is 5.76 Å². The highest BCUT2D eigenvalue weighted by Crippen LogP contribution is 2.17. The molecule has 0 bridgehead atoms. The molecule has 0 spiro atoms. The van der Waals surface area contributed by atoms with E-state index in [0.717, 1.165) is 12.2 Å². The lowest BCUT2D eigenvalue weighted by molar-refractivity contribution is 0.317. The second kappa shape index (κ2) is 4.55. The summed E-state index contributed by atoms with van der Waals surface area (Å²) in [6.07, 6.45) is 0.976. The molecule has 1 aromatic carbocycles. The first-order valence-electron chi connectivity index (χ1n) is 4.35. The van der Waals surface area contributed by atoms with E-state index in [9.17, 15) is 0 Å². The SMILES string of the molecule is C=C(O)c1cccc(OCCC)c1. The van der Waals surface area contributed by atoms with Gasteiger partial charge in [0.2, 0.25) is 0 Å². The third-order valence-corrected chi connectivity index (χ3v) is 1.64. The number of benzene rings is 1. The van der Waals surface area contributed by atoms with Crippen LogP contribution in [0.1, 0.15) is 18.9 Å². The van der Waals surface area contributed by atoms with Crippen LogP contribution in [0.3, 0.4) is 0 Å². The van der Waals surface area contributed by atoms with Gasteiger partial charge >= 0.3 is 0 Å². The predicted molar refractivity (Wildman–Crippen MR) is 53.9 cm³/mol. The zero-order chi connectivity index (χ0) is 9.68. The lowest BCUT2D eigenvalue weighted by atomic mass is 10.2. The standard InChI is InChI=1S/C11H14O2/c1-3-7-13-11-6-4-5-10(8-11)9(2)12/h4-6,8,12H,2-3,7H2,1H3. The van der Waals surface area contributed by atoms with Crippen LogP contribution in [0.4, 0.5) is 0 Å². The van der Waals surface area contributed by atoms with Crippen molar-refractivity contribution in [2.24, 2.45) is 0 Å². The molecule has 70 valence electrons. The van der Waals surface area contributed by atoms with Crippen LogP contribution in [0.2, 0.25) is 0 Å². The Hall–Kier alpha value is -1.44. The maximum atomic E-state index is 9.12. The lowest BCUT2D eigenvalue weighted by Crippen LogP contribution is -1.95. The van der Waals surface area contributed by atoms with E-state index in [4.69, 9.17) is 9.84 Å². The third kappa shape index (κ3) is 2.82. The van der Waals surface area contributed by atoms with Gasteiger partial charge in [0.05, 0.1) is 6.61 Å². The van der Waals surface area contributed by atoms with Gasteiger partial charge in [-0.3, -0.25) is 0 Å². The molecule has 0 unspecified atom stereocenters. The Balaban J connectivity index is 2.73. The Morgan fingerprint density at radius 3 is 2.92 bits per heavy atom. The molecule has 0 amide bonds. The summed E-state index contributed by atoms with van der Waals surface area (Å²) in [6, 6.07) is 7.27. The first-order valence-corrected chi connectivity index (χ1v) is 4.35. The fraction of sp³-hybridized carbons (Fsp3) is 0.273. The Kier molecular flexibility index (Phi) is 3.38. The van der Waals surface area contributed by atoms with E-state index in [1.165, 1.54) is 0 Å². The number of aliphatic hydroxyl groups is 1. The largest absolute Gasteiger partial charge is 0.508 e. The smallest absolute Gasteiger partial charge is 0.120 e. The topological polar surface area (TPSA) is 29.5 Å². The zero-order valence-electron chi connectivity index (χ0n) is 7.79. The number of hydrogen-bond acceptors (Lipinski definition) is 2. The molecule has 0 heterocycles. The van der Waals surface area contributed by atoms with Crippen molar-refractivity contribution in [2.75, 3.05) is 6.61 Å². The summed E-state index contributed by atoms with van der Waals surface area (Å²) < 4.78 is 5.39. The van der Waals surface area contributed by atoms with Crippen molar-refractivity contribution in [3.63, 3.8) is 0 Å². The molecule has 2 nitrogen and oxygen atoms in total. The average Bonchev–Trinajstić information content (AvgIpc) is 2.15. The van der Waals surface area contributed by atoms with Crippen molar-refractivity contribution < 1.29 is 9.84 Å². The van der Waals surface area contributed by atoms with Crippen molar-refractivity contribution >= 4 is 5.76 Å². The van der Waals surface area contributed by atoms with Crippen molar-refractivity contribution in [3.8, 4) is 5.75 Å². The molecule has 0 aromatic heterocycles. The highest BCUT2D eigenvalue weighted by Gasteiger charge is 1.97. The predicted octanol–water partition coefficient (Wildman–Crippen LogP) is 3.00. The first-order chi connectivity index (χ1) is 6.24. The van der Waals surface area contributed by atoms with Crippen LogP contribution in [0.15, 0.2) is 30.8 Å². The minimum Gasteiger partial charge on any atom is -0.508 e. The monoisotopic (exact) mass is 178 g/mol. The second-order valence-corrected chi connectivity index (χ2v) is 2.82. The molecule has 1 aromatic rings. The molecule has 0 radical (unpaired) electrons. The molecule has 0 saturated heterocycles. The quantitative estimate of drug-likeness (QED) is 0.718. The van der Waals surface area contributed by atoms with Crippen LogP contribution in [-0.2, 0) is 0 Å². The maximum Gasteiger partial charge on any atom is 0.120 e. The molecule has 2 heteroatoms. The fourth-order valence-corrected chi connectivity index (χ4v) is 0.985. The van der Waals surface area contributed by atoms with Crippen LogP contribution >= 0.6 is 0 Å². The number of aliphatic hydroxyl groups excluding tert-OH is 1. The highest BCUT2D eigenvalue weighted by atomic mass is 16.5. The highest BCUT2D eigenvalue weighted by molar-refractivity contribution is 5.57. The summed E-state index contributed by atoms with van der Waals surface area (Å²) in [6.45, 7) is 6.19. The molecule has 1 rings (SSSR count). The van der Waals surface area contributed by atoms with Crippen molar-refractivity contribution in [2.45, 2.75) is 13.3 Å². The maximum absolute atomic E-state index is 9.12. The van der Waals surface area contributed by atoms with Crippen LogP contribution in [0.5, 0.6) is 5.75 Å². The molecule has 0 saturated carbocycles. The molecule has 13 heavy (non-hydrogen) atoms. The molecule has 0 aliphatic rings. The number of ether oxygens (including phenoxy) is 1. The van der Waals surface area contributed by atoms with Gasteiger partial charge in [-0.2, -0.15) is 0 Å². The van der Waals surface area contributed by atoms with E-state index in [1.54, 1.807) is 12.1 Å². The van der Waals surface area contributed by atoms with E-state index in [1.807, 2.05) is 12.1 Å². The second-order valence-electron chi connectivity index (χ2n) is 2.82. The summed E-state index contributed by atoms with van der Waals surface area (Å²) >= 11 is 0. The number of hydrogen-bond donors (Lipinski definition) is 1. The number of rotatable bonds is 4. The van der Waals surface area contributed by atoms with Crippen LogP contribution in [-0.4, -0.2) is 11.7 Å². The molecule has 0 fully saturated rings. The zero-order valence-corrected chi connectivity index (χ0v) is 7.79. The Morgan fingerprint density at radius 1 is 1.54 bits per heavy atom. The summed E-state index contributed by atoms with van der Waals surface area (Å²) in [7, 11) is 0. The first kappa shape index (κ1) is 9.65. The van der Waals surface area contributed by atoms with Crippen LogP contribution in [0.25, 0.3) is 5.76 Å². The van der Waals surface area contributed by atoms with Gasteiger partial charge in [-0.05, 0) is 18.6 Å². The summed E-state index contributed by atoms with van der Waals surface area (Å²) in [5, 5.41) is 9.12. The van der Waals surface area contributed by atoms with E-state index in [0.29, 0.717) is 12.2 Å². The third-order valence-electron chi connectivity index (χ3n) is 1.64. The van der Waals surface area contributed by atoms with Gasteiger partial charge in [-0.1, -0.05) is 25.6 Å². The Labute approximate surface area is 78.5 Å². The van der Waals surface area contributed by atoms with Gasteiger partial charge in [-0.25, -0.2) is 0 Å². The minimum absolute atomic E-state index is 0.0712.